The summed E-state index contributed by atoms with van der Waals surface area (Å²) in [7, 11) is -4.08. The third-order valence-corrected chi connectivity index (χ3v) is 4.37. The number of carboxylic acids is 1. The molecule has 10 nitrogen and oxygen atoms in total. The van der Waals surface area contributed by atoms with E-state index < -0.39 is 38.9 Å². The average molecular weight is 345 g/mol. The molecule has 3 N–H and O–H groups in total. The van der Waals surface area contributed by atoms with Crippen molar-refractivity contribution in [2.75, 3.05) is 0 Å². The lowest BCUT2D eigenvalue weighted by Crippen LogP contribution is -2.49. The molecule has 11 heteroatoms. The minimum absolute atomic E-state index is 0.256. The first-order chi connectivity index (χ1) is 10.5. The SMILES string of the molecule is C[C@H](NC(=O)[C@H](C)NS(=O)(=O)c1ccc([N+](=O)[O-])cc1)C(=O)O. The zero-order chi connectivity index (χ0) is 17.8. The van der Waals surface area contributed by atoms with Gasteiger partial charge in [-0.2, -0.15) is 4.72 Å². The van der Waals surface area contributed by atoms with E-state index in [4.69, 9.17) is 5.11 Å². The summed E-state index contributed by atoms with van der Waals surface area (Å²) in [5.41, 5.74) is -0.273. The summed E-state index contributed by atoms with van der Waals surface area (Å²) in [5, 5.41) is 21.3. The number of hydrogen-bond donors (Lipinski definition) is 3. The van der Waals surface area contributed by atoms with Gasteiger partial charge in [-0.1, -0.05) is 0 Å². The van der Waals surface area contributed by atoms with Gasteiger partial charge in [0.1, 0.15) is 6.04 Å². The number of carboxylic acid groups (broad SMARTS) is 1. The Hall–Kier alpha value is -2.53. The minimum Gasteiger partial charge on any atom is -0.480 e. The van der Waals surface area contributed by atoms with Crippen molar-refractivity contribution in [3.63, 3.8) is 0 Å². The van der Waals surface area contributed by atoms with Gasteiger partial charge in [0.15, 0.2) is 0 Å². The molecule has 0 heterocycles. The molecule has 0 fully saturated rings. The van der Waals surface area contributed by atoms with Crippen LogP contribution in [0.15, 0.2) is 29.2 Å². The molecule has 0 radical (unpaired) electrons. The number of carbonyl (C=O) groups is 2. The number of sulfonamides is 1. The second-order valence-corrected chi connectivity index (χ2v) is 6.38. The zero-order valence-corrected chi connectivity index (χ0v) is 13.0. The van der Waals surface area contributed by atoms with E-state index in [0.717, 1.165) is 24.3 Å². The Labute approximate surface area is 131 Å². The molecular weight excluding hydrogens is 330 g/mol. The molecule has 0 aliphatic carbocycles. The van der Waals surface area contributed by atoms with Gasteiger partial charge in [-0.15, -0.1) is 0 Å². The third-order valence-electron chi connectivity index (χ3n) is 2.81. The van der Waals surface area contributed by atoms with Crippen molar-refractivity contribution < 1.29 is 28.0 Å². The number of carbonyl (C=O) groups excluding carboxylic acids is 1. The monoisotopic (exact) mass is 345 g/mol. The summed E-state index contributed by atoms with van der Waals surface area (Å²) in [6.07, 6.45) is 0. The first kappa shape index (κ1) is 18.5. The molecular formula is C12H15N3O7S. The Kier molecular flexibility index (Phi) is 5.76. The molecule has 0 spiro atoms. The number of nitro benzene ring substituents is 1. The molecule has 1 rings (SSSR count). The van der Waals surface area contributed by atoms with Gasteiger partial charge in [-0.05, 0) is 26.0 Å². The normalized spacial score (nSPS) is 13.8. The van der Waals surface area contributed by atoms with Gasteiger partial charge in [0.2, 0.25) is 15.9 Å². The molecule has 23 heavy (non-hydrogen) atoms. The topological polar surface area (TPSA) is 156 Å². The molecule has 0 saturated heterocycles. The van der Waals surface area contributed by atoms with Crippen LogP contribution in [0.5, 0.6) is 0 Å². The maximum absolute atomic E-state index is 12.1. The second kappa shape index (κ2) is 7.15. The molecule has 1 amide bonds. The number of nitrogens with zero attached hydrogens (tertiary/aromatic N) is 1. The van der Waals surface area contributed by atoms with E-state index >= 15 is 0 Å². The van der Waals surface area contributed by atoms with Crippen LogP contribution in [0.2, 0.25) is 0 Å². The summed E-state index contributed by atoms with van der Waals surface area (Å²) in [5.74, 6) is -2.07. The second-order valence-electron chi connectivity index (χ2n) is 4.66. The molecule has 0 aliphatic heterocycles. The summed E-state index contributed by atoms with van der Waals surface area (Å²) < 4.78 is 26.2. The van der Waals surface area contributed by atoms with E-state index in [1.807, 2.05) is 0 Å². The molecule has 0 saturated carbocycles. The van der Waals surface area contributed by atoms with Crippen molar-refractivity contribution in [2.24, 2.45) is 0 Å². The lowest BCUT2D eigenvalue weighted by Gasteiger charge is -2.16. The number of rotatable bonds is 7. The van der Waals surface area contributed by atoms with Crippen LogP contribution in [-0.4, -0.2) is 42.4 Å². The van der Waals surface area contributed by atoms with Crippen molar-refractivity contribution in [2.45, 2.75) is 30.8 Å². The zero-order valence-electron chi connectivity index (χ0n) is 12.2. The summed E-state index contributed by atoms with van der Waals surface area (Å²) in [6, 6.07) is 1.71. The van der Waals surface area contributed by atoms with Crippen LogP contribution in [0, 0.1) is 10.1 Å². The highest BCUT2D eigenvalue weighted by Crippen LogP contribution is 2.15. The highest BCUT2D eigenvalue weighted by molar-refractivity contribution is 7.89. The largest absolute Gasteiger partial charge is 0.480 e. The van der Waals surface area contributed by atoms with Crippen molar-refractivity contribution in [1.29, 1.82) is 0 Å². The van der Waals surface area contributed by atoms with E-state index in [1.54, 1.807) is 0 Å². The molecule has 0 unspecified atom stereocenters. The number of nitro groups is 1. The number of nitrogens with one attached hydrogen (secondary N) is 2. The van der Waals surface area contributed by atoms with E-state index in [9.17, 15) is 28.1 Å². The minimum atomic E-state index is -4.08. The molecule has 1 aromatic carbocycles. The number of amides is 1. The number of aliphatic carboxylic acids is 1. The van der Waals surface area contributed by atoms with E-state index in [0.29, 0.717) is 0 Å². The van der Waals surface area contributed by atoms with Crippen LogP contribution in [-0.2, 0) is 19.6 Å². The van der Waals surface area contributed by atoms with Crippen LogP contribution in [0.3, 0.4) is 0 Å². The Morgan fingerprint density at radius 3 is 2.13 bits per heavy atom. The lowest BCUT2D eigenvalue weighted by molar-refractivity contribution is -0.384. The molecule has 0 aromatic heterocycles. The van der Waals surface area contributed by atoms with Gasteiger partial charge in [-0.25, -0.2) is 8.42 Å². The Morgan fingerprint density at radius 1 is 1.17 bits per heavy atom. The van der Waals surface area contributed by atoms with Crippen molar-refractivity contribution in [3.05, 3.63) is 34.4 Å². The van der Waals surface area contributed by atoms with Gasteiger partial charge in [0.25, 0.3) is 5.69 Å². The van der Waals surface area contributed by atoms with Crippen LogP contribution in [0.4, 0.5) is 5.69 Å². The summed E-state index contributed by atoms with van der Waals surface area (Å²) >= 11 is 0. The maximum Gasteiger partial charge on any atom is 0.325 e. The molecule has 126 valence electrons. The average Bonchev–Trinajstić information content (AvgIpc) is 2.46. The maximum atomic E-state index is 12.1. The highest BCUT2D eigenvalue weighted by atomic mass is 32.2. The van der Waals surface area contributed by atoms with E-state index in [-0.39, 0.29) is 10.6 Å². The van der Waals surface area contributed by atoms with Gasteiger partial charge in [0, 0.05) is 12.1 Å². The smallest absolute Gasteiger partial charge is 0.325 e. The van der Waals surface area contributed by atoms with E-state index in [2.05, 4.69) is 10.0 Å². The standard InChI is InChI=1S/C12H15N3O7S/c1-7(11(16)13-8(2)12(17)18)14-23(21,22)10-5-3-9(4-6-10)15(19)20/h3-8,14H,1-2H3,(H,13,16)(H,17,18)/t7-,8-/m0/s1. The first-order valence-electron chi connectivity index (χ1n) is 6.34. The highest BCUT2D eigenvalue weighted by Gasteiger charge is 2.24. The number of benzene rings is 1. The Bertz CT molecular complexity index is 715. The fraction of sp³-hybridized carbons (Fsp3) is 0.333. The van der Waals surface area contributed by atoms with Gasteiger partial charge < -0.3 is 10.4 Å². The van der Waals surface area contributed by atoms with Crippen LogP contribution < -0.4 is 10.0 Å². The lowest BCUT2D eigenvalue weighted by atomic mass is 10.3. The number of non-ortho nitro benzene ring substituents is 1. The first-order valence-corrected chi connectivity index (χ1v) is 7.83. The predicted molar refractivity (Wildman–Crippen MR) is 78.1 cm³/mol. The van der Waals surface area contributed by atoms with E-state index in [1.165, 1.54) is 13.8 Å². The molecule has 2 atom stereocenters. The Balaban J connectivity index is 2.83. The van der Waals surface area contributed by atoms with Crippen LogP contribution >= 0.6 is 0 Å². The Morgan fingerprint density at radius 2 is 1.70 bits per heavy atom. The molecule has 0 aliphatic rings. The fourth-order valence-electron chi connectivity index (χ4n) is 1.50. The summed E-state index contributed by atoms with van der Waals surface area (Å²) in [6.45, 7) is 2.48. The van der Waals surface area contributed by atoms with Gasteiger partial charge >= 0.3 is 5.97 Å². The third kappa shape index (κ3) is 5.00. The predicted octanol–water partition coefficient (Wildman–Crippen LogP) is -0.149. The van der Waals surface area contributed by atoms with Gasteiger partial charge in [-0.3, -0.25) is 19.7 Å². The van der Waals surface area contributed by atoms with Crippen molar-refractivity contribution in [3.8, 4) is 0 Å². The van der Waals surface area contributed by atoms with Crippen LogP contribution in [0.25, 0.3) is 0 Å². The van der Waals surface area contributed by atoms with Gasteiger partial charge in [0.05, 0.1) is 15.9 Å². The quantitative estimate of drug-likeness (QED) is 0.458. The molecule has 1 aromatic rings. The van der Waals surface area contributed by atoms with Crippen molar-refractivity contribution in [1.82, 2.24) is 10.0 Å². The fourth-order valence-corrected chi connectivity index (χ4v) is 2.70. The molecule has 0 bridgehead atoms. The number of hydrogen-bond acceptors (Lipinski definition) is 6. The van der Waals surface area contributed by atoms with Crippen LogP contribution in [0.1, 0.15) is 13.8 Å². The van der Waals surface area contributed by atoms with Crippen molar-refractivity contribution >= 4 is 27.6 Å². The summed E-state index contributed by atoms with van der Waals surface area (Å²) in [4.78, 5) is 32.0.